The molecule has 154 valence electrons. The van der Waals surface area contributed by atoms with Gasteiger partial charge in [-0.25, -0.2) is 0 Å². The molecule has 0 bridgehead atoms. The fourth-order valence-electron chi connectivity index (χ4n) is 3.02. The first kappa shape index (κ1) is 20.0. The molecule has 0 spiro atoms. The van der Waals surface area contributed by atoms with Gasteiger partial charge in [0.1, 0.15) is 16.7 Å². The Kier molecular flexibility index (Phi) is 5.31. The number of aromatic hydroxyl groups is 2. The minimum absolute atomic E-state index is 0.0187. The van der Waals surface area contributed by atoms with Crippen LogP contribution in [-0.2, 0) is 0 Å². The summed E-state index contributed by atoms with van der Waals surface area (Å²) in [4.78, 5) is 12.8. The molecule has 1 aromatic heterocycles. The molecule has 9 nitrogen and oxygen atoms in total. The van der Waals surface area contributed by atoms with Gasteiger partial charge in [0.25, 0.3) is 0 Å². The molecule has 0 atom stereocenters. The van der Waals surface area contributed by atoms with Crippen molar-refractivity contribution in [1.29, 1.82) is 0 Å². The van der Waals surface area contributed by atoms with Crippen molar-refractivity contribution in [2.45, 2.75) is 0 Å². The van der Waals surface area contributed by atoms with Crippen LogP contribution in [0.15, 0.2) is 27.4 Å². The Bertz CT molecular complexity index is 1130. The highest BCUT2D eigenvalue weighted by Gasteiger charge is 2.25. The van der Waals surface area contributed by atoms with Crippen molar-refractivity contribution in [2.75, 3.05) is 35.5 Å². The maximum absolute atomic E-state index is 12.8. The third-order valence-corrected chi connectivity index (χ3v) is 4.43. The summed E-state index contributed by atoms with van der Waals surface area (Å²) in [5.41, 5.74) is -0.623. The van der Waals surface area contributed by atoms with Crippen LogP contribution >= 0.6 is 0 Å². The molecule has 2 aromatic carbocycles. The average molecular weight is 404 g/mol. The molecule has 29 heavy (non-hydrogen) atoms. The normalized spacial score (nSPS) is 10.7. The number of benzene rings is 2. The highest BCUT2D eigenvalue weighted by Crippen LogP contribution is 2.46. The van der Waals surface area contributed by atoms with Gasteiger partial charge in [0.05, 0.1) is 41.1 Å². The van der Waals surface area contributed by atoms with Crippen molar-refractivity contribution in [3.8, 4) is 51.6 Å². The highest BCUT2D eigenvalue weighted by atomic mass is 16.5. The van der Waals surface area contributed by atoms with Crippen LogP contribution in [0, 0.1) is 0 Å². The Morgan fingerprint density at radius 2 is 1.31 bits per heavy atom. The second-order valence-electron chi connectivity index (χ2n) is 5.85. The molecule has 0 radical (unpaired) electrons. The maximum Gasteiger partial charge on any atom is 0.238 e. The molecular formula is C20H20O9. The summed E-state index contributed by atoms with van der Waals surface area (Å²) >= 11 is 0. The molecule has 3 aromatic rings. The van der Waals surface area contributed by atoms with E-state index in [1.54, 1.807) is 0 Å². The van der Waals surface area contributed by atoms with Crippen LogP contribution in [0.25, 0.3) is 22.3 Å². The Balaban J connectivity index is 2.40. The Hall–Kier alpha value is -3.75. The number of fused-ring (bicyclic) bond motifs is 1. The average Bonchev–Trinajstić information content (AvgIpc) is 2.74. The minimum atomic E-state index is -0.850. The van der Waals surface area contributed by atoms with E-state index >= 15 is 0 Å². The van der Waals surface area contributed by atoms with Crippen molar-refractivity contribution in [3.63, 3.8) is 0 Å². The monoisotopic (exact) mass is 404 g/mol. The zero-order valence-corrected chi connectivity index (χ0v) is 16.5. The van der Waals surface area contributed by atoms with E-state index in [4.69, 9.17) is 28.1 Å². The van der Waals surface area contributed by atoms with Crippen molar-refractivity contribution >= 4 is 11.0 Å². The van der Waals surface area contributed by atoms with Gasteiger partial charge in [-0.2, -0.15) is 0 Å². The number of methoxy groups -OCH3 is 5. The lowest BCUT2D eigenvalue weighted by molar-refractivity contribution is 0.334. The fourth-order valence-corrected chi connectivity index (χ4v) is 3.02. The molecule has 0 saturated heterocycles. The predicted octanol–water partition coefficient (Wildman–Crippen LogP) is 2.91. The predicted molar refractivity (Wildman–Crippen MR) is 104 cm³/mol. The lowest BCUT2D eigenvalue weighted by atomic mass is 10.1. The first-order chi connectivity index (χ1) is 13.9. The van der Waals surface area contributed by atoms with E-state index in [2.05, 4.69) is 0 Å². The smallest absolute Gasteiger partial charge is 0.238 e. The van der Waals surface area contributed by atoms with E-state index in [0.29, 0.717) is 11.5 Å². The van der Waals surface area contributed by atoms with Gasteiger partial charge >= 0.3 is 0 Å². The number of rotatable bonds is 6. The third-order valence-electron chi connectivity index (χ3n) is 4.43. The van der Waals surface area contributed by atoms with Crippen LogP contribution in [0.3, 0.4) is 0 Å². The molecule has 0 amide bonds. The lowest BCUT2D eigenvalue weighted by Crippen LogP contribution is -2.05. The van der Waals surface area contributed by atoms with Crippen molar-refractivity contribution in [3.05, 3.63) is 28.4 Å². The zero-order valence-electron chi connectivity index (χ0n) is 16.5. The highest BCUT2D eigenvalue weighted by molar-refractivity contribution is 5.91. The molecule has 0 fully saturated rings. The van der Waals surface area contributed by atoms with Crippen LogP contribution in [-0.4, -0.2) is 45.8 Å². The molecule has 0 aliphatic heterocycles. The van der Waals surface area contributed by atoms with Crippen molar-refractivity contribution < 1.29 is 38.3 Å². The van der Waals surface area contributed by atoms with Gasteiger partial charge in [0.2, 0.25) is 16.9 Å². The number of phenols is 1. The zero-order chi connectivity index (χ0) is 21.3. The first-order valence-corrected chi connectivity index (χ1v) is 8.35. The number of phenolic OH excluding ortho intramolecular Hbond substituents is 1. The summed E-state index contributed by atoms with van der Waals surface area (Å²) in [6.07, 6.45) is 0. The van der Waals surface area contributed by atoms with Crippen molar-refractivity contribution in [2.24, 2.45) is 0 Å². The van der Waals surface area contributed by atoms with Gasteiger partial charge in [-0.3, -0.25) is 4.79 Å². The SMILES string of the molecule is COc1cc(OC)c(-c2oc3cc(OC)c(OC)c(O)c3c(=O)c2O)cc1OC. The summed E-state index contributed by atoms with van der Waals surface area (Å²) in [6.45, 7) is 0. The van der Waals surface area contributed by atoms with E-state index in [1.165, 1.54) is 53.7 Å². The Labute approximate surface area is 165 Å². The molecule has 1 heterocycles. The lowest BCUT2D eigenvalue weighted by Gasteiger charge is -2.15. The summed E-state index contributed by atoms with van der Waals surface area (Å²) in [5, 5.41) is 20.8. The van der Waals surface area contributed by atoms with Gasteiger partial charge in [0, 0.05) is 12.1 Å². The molecule has 0 aliphatic carbocycles. The van der Waals surface area contributed by atoms with Crippen LogP contribution in [0.1, 0.15) is 0 Å². The second kappa shape index (κ2) is 7.70. The van der Waals surface area contributed by atoms with E-state index < -0.39 is 16.9 Å². The first-order valence-electron chi connectivity index (χ1n) is 8.35. The van der Waals surface area contributed by atoms with E-state index in [0.717, 1.165) is 0 Å². The molecular weight excluding hydrogens is 384 g/mol. The fraction of sp³-hybridized carbons (Fsp3) is 0.250. The van der Waals surface area contributed by atoms with E-state index in [9.17, 15) is 15.0 Å². The summed E-state index contributed by atoms with van der Waals surface area (Å²) < 4.78 is 31.9. The second-order valence-corrected chi connectivity index (χ2v) is 5.85. The molecule has 3 rings (SSSR count). The number of hydrogen-bond acceptors (Lipinski definition) is 9. The van der Waals surface area contributed by atoms with Gasteiger partial charge in [-0.1, -0.05) is 0 Å². The van der Waals surface area contributed by atoms with Crippen molar-refractivity contribution in [1.82, 2.24) is 0 Å². The van der Waals surface area contributed by atoms with E-state index in [1.807, 2.05) is 0 Å². The third kappa shape index (κ3) is 3.10. The van der Waals surface area contributed by atoms with Crippen LogP contribution in [0.5, 0.6) is 40.2 Å². The topological polar surface area (TPSA) is 117 Å². The summed E-state index contributed by atoms with van der Waals surface area (Å²) in [7, 11) is 7.01. The molecule has 0 saturated carbocycles. The summed E-state index contributed by atoms with van der Waals surface area (Å²) in [5.74, 6) is -0.306. The van der Waals surface area contributed by atoms with E-state index in [-0.39, 0.29) is 39.5 Å². The standard InChI is InChI=1S/C20H20O9/c1-24-10-7-12(26-3)11(25-2)6-9(10)19-18(23)16(21)15-13(29-19)8-14(27-4)20(28-5)17(15)22/h6-8,22-23H,1-5H3. The molecule has 0 aliphatic rings. The quantitative estimate of drug-likeness (QED) is 0.639. The molecule has 0 unspecified atom stereocenters. The Morgan fingerprint density at radius 3 is 1.86 bits per heavy atom. The number of ether oxygens (including phenoxy) is 5. The molecule has 2 N–H and O–H groups in total. The largest absolute Gasteiger partial charge is 0.504 e. The van der Waals surface area contributed by atoms with Crippen LogP contribution in [0.2, 0.25) is 0 Å². The van der Waals surface area contributed by atoms with Crippen LogP contribution in [0.4, 0.5) is 0 Å². The summed E-state index contributed by atoms with van der Waals surface area (Å²) in [6, 6.07) is 4.41. The van der Waals surface area contributed by atoms with Crippen LogP contribution < -0.4 is 29.1 Å². The molecule has 9 heteroatoms. The Morgan fingerprint density at radius 1 is 0.724 bits per heavy atom. The van der Waals surface area contributed by atoms with Gasteiger partial charge in [-0.15, -0.1) is 0 Å². The maximum atomic E-state index is 12.8. The van der Waals surface area contributed by atoms with Gasteiger partial charge in [-0.05, 0) is 6.07 Å². The van der Waals surface area contributed by atoms with Gasteiger partial charge < -0.3 is 38.3 Å². The van der Waals surface area contributed by atoms with Gasteiger partial charge in [0.15, 0.2) is 28.8 Å². The number of hydrogen-bond donors (Lipinski definition) is 2. The minimum Gasteiger partial charge on any atom is -0.504 e.